The summed E-state index contributed by atoms with van der Waals surface area (Å²) in [7, 11) is 0. The van der Waals surface area contributed by atoms with Gasteiger partial charge in [-0.25, -0.2) is 0 Å². The van der Waals surface area contributed by atoms with Gasteiger partial charge in [0.05, 0.1) is 17.2 Å². The van der Waals surface area contributed by atoms with Gasteiger partial charge in [-0.3, -0.25) is 0 Å². The molecule has 0 aliphatic heterocycles. The van der Waals surface area contributed by atoms with Crippen molar-refractivity contribution in [3.05, 3.63) is 27.7 Å². The molecule has 1 aromatic rings. The molecule has 0 radical (unpaired) electrons. The summed E-state index contributed by atoms with van der Waals surface area (Å²) in [5.41, 5.74) is 0.699. The van der Waals surface area contributed by atoms with Crippen molar-refractivity contribution in [1.82, 2.24) is 0 Å². The fourth-order valence-electron chi connectivity index (χ4n) is 2.05. The summed E-state index contributed by atoms with van der Waals surface area (Å²) >= 11 is 9.39. The molecule has 0 saturated heterocycles. The van der Waals surface area contributed by atoms with Crippen LogP contribution >= 0.6 is 27.5 Å². The van der Waals surface area contributed by atoms with E-state index in [1.165, 1.54) is 19.3 Å². The molecule has 1 unspecified atom stereocenters. The smallest absolute Gasteiger partial charge is 0.0658 e. The molecule has 108 valence electrons. The van der Waals surface area contributed by atoms with Crippen LogP contribution in [0.1, 0.15) is 46.0 Å². The van der Waals surface area contributed by atoms with Crippen LogP contribution in [0.15, 0.2) is 22.7 Å². The highest BCUT2D eigenvalue weighted by Gasteiger charge is 2.22. The number of benzene rings is 1. The third-order valence-corrected chi connectivity index (χ3v) is 4.51. The normalized spacial score (nSPS) is 14.2. The number of aliphatic hydroxyl groups excluding tert-OH is 1. The Hall–Kier alpha value is -0.250. The van der Waals surface area contributed by atoms with Gasteiger partial charge in [-0.1, -0.05) is 44.2 Å². The number of hydrogen-bond donors (Lipinski definition) is 2. The molecule has 0 amide bonds. The number of aliphatic hydroxyl groups is 1. The Kier molecular flexibility index (Phi) is 7.19. The number of rotatable bonds is 8. The van der Waals surface area contributed by atoms with Gasteiger partial charge in [-0.15, -0.1) is 0 Å². The van der Waals surface area contributed by atoms with Crippen LogP contribution in [0.3, 0.4) is 0 Å². The van der Waals surface area contributed by atoms with E-state index >= 15 is 0 Å². The second-order valence-corrected chi connectivity index (χ2v) is 6.54. The van der Waals surface area contributed by atoms with Crippen molar-refractivity contribution >= 4 is 33.2 Å². The number of nitrogens with one attached hydrogen (secondary N) is 1. The van der Waals surface area contributed by atoms with E-state index in [9.17, 15) is 5.11 Å². The second kappa shape index (κ2) is 8.13. The van der Waals surface area contributed by atoms with Crippen molar-refractivity contribution in [1.29, 1.82) is 0 Å². The van der Waals surface area contributed by atoms with Crippen LogP contribution < -0.4 is 5.32 Å². The van der Waals surface area contributed by atoms with Crippen LogP contribution in [-0.4, -0.2) is 17.3 Å². The van der Waals surface area contributed by atoms with Crippen LogP contribution in [0.5, 0.6) is 0 Å². The summed E-state index contributed by atoms with van der Waals surface area (Å²) in [6.45, 7) is 4.38. The monoisotopic (exact) mass is 347 g/mol. The maximum atomic E-state index is 9.63. The highest BCUT2D eigenvalue weighted by Crippen LogP contribution is 2.28. The van der Waals surface area contributed by atoms with E-state index in [-0.39, 0.29) is 12.1 Å². The molecule has 1 atom stereocenters. The van der Waals surface area contributed by atoms with Gasteiger partial charge >= 0.3 is 0 Å². The second-order valence-electron chi connectivity index (χ2n) is 5.28. The first-order valence-electron chi connectivity index (χ1n) is 6.85. The third kappa shape index (κ3) is 5.72. The van der Waals surface area contributed by atoms with E-state index in [2.05, 4.69) is 35.1 Å². The molecular formula is C15H23BrClNO. The summed E-state index contributed by atoms with van der Waals surface area (Å²) in [4.78, 5) is 0. The number of unbranched alkanes of at least 4 members (excludes halogenated alkanes) is 3. The first-order chi connectivity index (χ1) is 9.00. The van der Waals surface area contributed by atoms with Gasteiger partial charge in [0.25, 0.3) is 0 Å². The van der Waals surface area contributed by atoms with Gasteiger partial charge in [0.2, 0.25) is 0 Å². The van der Waals surface area contributed by atoms with E-state index in [1.54, 1.807) is 0 Å². The van der Waals surface area contributed by atoms with Crippen molar-refractivity contribution in [3.8, 4) is 0 Å². The molecule has 0 spiro atoms. The SMILES string of the molecule is CCCCCCC(C)(CO)Nc1ccc(Cl)c(Br)c1. The summed E-state index contributed by atoms with van der Waals surface area (Å²) in [5.74, 6) is 0. The number of anilines is 1. The van der Waals surface area contributed by atoms with Gasteiger partial charge in [-0.2, -0.15) is 0 Å². The molecule has 0 saturated carbocycles. The molecule has 2 N–H and O–H groups in total. The fourth-order valence-corrected chi connectivity index (χ4v) is 2.54. The highest BCUT2D eigenvalue weighted by molar-refractivity contribution is 9.10. The Morgan fingerprint density at radius 3 is 2.63 bits per heavy atom. The van der Waals surface area contributed by atoms with E-state index < -0.39 is 0 Å². The van der Waals surface area contributed by atoms with Crippen molar-refractivity contribution < 1.29 is 5.11 Å². The molecule has 0 heterocycles. The Bertz CT molecular complexity index is 400. The molecule has 1 rings (SSSR count). The van der Waals surface area contributed by atoms with Gasteiger partial charge < -0.3 is 10.4 Å². The van der Waals surface area contributed by atoms with Gasteiger partial charge in [0, 0.05) is 10.2 Å². The van der Waals surface area contributed by atoms with E-state index in [0.29, 0.717) is 5.02 Å². The molecule has 0 bridgehead atoms. The van der Waals surface area contributed by atoms with Crippen LogP contribution in [0.2, 0.25) is 5.02 Å². The summed E-state index contributed by atoms with van der Waals surface area (Å²) in [5, 5.41) is 13.7. The van der Waals surface area contributed by atoms with Crippen LogP contribution in [0, 0.1) is 0 Å². The first-order valence-corrected chi connectivity index (χ1v) is 8.02. The Labute approximate surface area is 129 Å². The topological polar surface area (TPSA) is 32.3 Å². The Balaban J connectivity index is 2.60. The van der Waals surface area contributed by atoms with E-state index in [0.717, 1.165) is 23.0 Å². The maximum absolute atomic E-state index is 9.63. The summed E-state index contributed by atoms with van der Waals surface area (Å²) in [6.07, 6.45) is 5.80. The number of halogens is 2. The third-order valence-electron chi connectivity index (χ3n) is 3.30. The predicted molar refractivity (Wildman–Crippen MR) is 87.0 cm³/mol. The largest absolute Gasteiger partial charge is 0.394 e. The van der Waals surface area contributed by atoms with Gasteiger partial charge in [-0.05, 0) is 47.5 Å². The number of hydrogen-bond acceptors (Lipinski definition) is 2. The van der Waals surface area contributed by atoms with E-state index in [1.807, 2.05) is 18.2 Å². The molecule has 1 aromatic carbocycles. The van der Waals surface area contributed by atoms with Crippen molar-refractivity contribution in [2.75, 3.05) is 11.9 Å². The van der Waals surface area contributed by atoms with Crippen molar-refractivity contribution in [2.45, 2.75) is 51.5 Å². The lowest BCUT2D eigenvalue weighted by Gasteiger charge is -2.30. The lowest BCUT2D eigenvalue weighted by atomic mass is 9.94. The van der Waals surface area contributed by atoms with Crippen molar-refractivity contribution in [3.63, 3.8) is 0 Å². The average molecular weight is 349 g/mol. The molecule has 2 nitrogen and oxygen atoms in total. The lowest BCUT2D eigenvalue weighted by Crippen LogP contribution is -2.38. The van der Waals surface area contributed by atoms with Crippen LogP contribution in [0.4, 0.5) is 5.69 Å². The zero-order valence-electron chi connectivity index (χ0n) is 11.7. The first kappa shape index (κ1) is 16.8. The fraction of sp³-hybridized carbons (Fsp3) is 0.600. The minimum absolute atomic E-state index is 0.124. The zero-order valence-corrected chi connectivity index (χ0v) is 14.0. The summed E-state index contributed by atoms with van der Waals surface area (Å²) < 4.78 is 0.866. The summed E-state index contributed by atoms with van der Waals surface area (Å²) in [6, 6.07) is 5.73. The van der Waals surface area contributed by atoms with E-state index in [4.69, 9.17) is 11.6 Å². The van der Waals surface area contributed by atoms with Gasteiger partial charge in [0.1, 0.15) is 0 Å². The predicted octanol–water partition coefficient (Wildman–Crippen LogP) is 5.24. The van der Waals surface area contributed by atoms with Crippen LogP contribution in [0.25, 0.3) is 0 Å². The minimum atomic E-state index is -0.277. The molecule has 0 aromatic heterocycles. The highest BCUT2D eigenvalue weighted by atomic mass is 79.9. The standard InChI is InChI=1S/C15H23BrClNO/c1-3-4-5-6-9-15(2,11-19)18-12-7-8-14(17)13(16)10-12/h7-8,10,18-19H,3-6,9,11H2,1-2H3. The van der Waals surface area contributed by atoms with Crippen LogP contribution in [-0.2, 0) is 0 Å². The Morgan fingerprint density at radius 2 is 2.05 bits per heavy atom. The quantitative estimate of drug-likeness (QED) is 0.630. The molecule has 4 heteroatoms. The van der Waals surface area contributed by atoms with Crippen molar-refractivity contribution in [2.24, 2.45) is 0 Å². The molecular weight excluding hydrogens is 326 g/mol. The molecule has 0 aliphatic carbocycles. The molecule has 0 fully saturated rings. The average Bonchev–Trinajstić information content (AvgIpc) is 2.39. The Morgan fingerprint density at radius 1 is 1.32 bits per heavy atom. The maximum Gasteiger partial charge on any atom is 0.0658 e. The zero-order chi connectivity index (χ0) is 14.3. The minimum Gasteiger partial charge on any atom is -0.394 e. The molecule has 0 aliphatic rings. The lowest BCUT2D eigenvalue weighted by molar-refractivity contribution is 0.211. The molecule has 19 heavy (non-hydrogen) atoms. The van der Waals surface area contributed by atoms with Gasteiger partial charge in [0.15, 0.2) is 0 Å².